The molecule has 1 heterocycles. The van der Waals surface area contributed by atoms with Crippen molar-refractivity contribution in [2.45, 2.75) is 38.1 Å². The number of rotatable bonds is 9. The van der Waals surface area contributed by atoms with E-state index < -0.39 is 0 Å². The number of anilines is 2. The van der Waals surface area contributed by atoms with Gasteiger partial charge in [-0.25, -0.2) is 4.98 Å². The van der Waals surface area contributed by atoms with Crippen LogP contribution >= 0.6 is 0 Å². The Morgan fingerprint density at radius 1 is 0.969 bits per heavy atom. The highest BCUT2D eigenvalue weighted by Crippen LogP contribution is 2.28. The zero-order chi connectivity index (χ0) is 22.3. The number of ether oxygens (including phenoxy) is 1. The van der Waals surface area contributed by atoms with Gasteiger partial charge in [0, 0.05) is 25.5 Å². The molecule has 2 N–H and O–H groups in total. The topological polar surface area (TPSA) is 62.3 Å². The monoisotopic (exact) mass is 433 g/mol. The highest BCUT2D eigenvalue weighted by molar-refractivity contribution is 5.90. The van der Waals surface area contributed by atoms with Gasteiger partial charge in [0.25, 0.3) is 0 Å². The molecule has 2 aromatic carbocycles. The van der Waals surface area contributed by atoms with Gasteiger partial charge in [-0.2, -0.15) is 4.98 Å². The highest BCUT2D eigenvalue weighted by atomic mass is 16.5. The molecule has 1 aliphatic carbocycles. The third-order valence-corrected chi connectivity index (χ3v) is 6.38. The third-order valence-electron chi connectivity index (χ3n) is 6.38. The smallest absolute Gasteiger partial charge is 0.225 e. The van der Waals surface area contributed by atoms with Crippen molar-refractivity contribution in [1.82, 2.24) is 15.3 Å². The first kappa shape index (κ1) is 22.3. The molecule has 6 heteroatoms. The van der Waals surface area contributed by atoms with Gasteiger partial charge in [-0.05, 0) is 74.9 Å². The van der Waals surface area contributed by atoms with Gasteiger partial charge in [-0.1, -0.05) is 30.3 Å². The molecule has 0 bridgehead atoms. The normalized spacial score (nSPS) is 18.5. The number of fused-ring (bicyclic) bond motifs is 1. The molecular weight excluding hydrogens is 398 g/mol. The molecule has 0 atom stereocenters. The van der Waals surface area contributed by atoms with Gasteiger partial charge >= 0.3 is 0 Å². The Kier molecular flexibility index (Phi) is 7.43. The quantitative estimate of drug-likeness (QED) is 0.484. The minimum Gasteiger partial charge on any atom is -0.496 e. The van der Waals surface area contributed by atoms with Crippen molar-refractivity contribution in [3.63, 3.8) is 0 Å². The van der Waals surface area contributed by atoms with Gasteiger partial charge in [-0.3, -0.25) is 0 Å². The largest absolute Gasteiger partial charge is 0.496 e. The molecule has 0 saturated heterocycles. The van der Waals surface area contributed by atoms with Crippen LogP contribution in [0.3, 0.4) is 0 Å². The van der Waals surface area contributed by atoms with E-state index >= 15 is 0 Å². The lowest BCUT2D eigenvalue weighted by Gasteiger charge is -2.29. The molecule has 1 saturated carbocycles. The van der Waals surface area contributed by atoms with Gasteiger partial charge < -0.3 is 20.3 Å². The van der Waals surface area contributed by atoms with Crippen molar-refractivity contribution >= 4 is 22.7 Å². The van der Waals surface area contributed by atoms with Crippen molar-refractivity contribution in [1.29, 1.82) is 0 Å². The third kappa shape index (κ3) is 5.49. The lowest BCUT2D eigenvalue weighted by Crippen LogP contribution is -2.32. The van der Waals surface area contributed by atoms with Gasteiger partial charge in [0.1, 0.15) is 11.6 Å². The number of hydrogen-bond acceptors (Lipinski definition) is 6. The van der Waals surface area contributed by atoms with E-state index in [4.69, 9.17) is 14.7 Å². The summed E-state index contributed by atoms with van der Waals surface area (Å²) in [7, 11) is 5.80. The predicted molar refractivity (Wildman–Crippen MR) is 133 cm³/mol. The number of para-hydroxylation sites is 2. The number of benzene rings is 2. The maximum absolute atomic E-state index is 5.45. The molecule has 0 aliphatic heterocycles. The Balaban J connectivity index is 1.25. The lowest BCUT2D eigenvalue weighted by atomic mass is 9.86. The maximum Gasteiger partial charge on any atom is 0.225 e. The summed E-state index contributed by atoms with van der Waals surface area (Å²) in [5, 5.41) is 8.35. The highest BCUT2D eigenvalue weighted by Gasteiger charge is 2.22. The fraction of sp³-hybridized carbons (Fsp3) is 0.462. The van der Waals surface area contributed by atoms with Crippen molar-refractivity contribution < 1.29 is 4.74 Å². The van der Waals surface area contributed by atoms with Crippen LogP contribution in [0.25, 0.3) is 10.9 Å². The van der Waals surface area contributed by atoms with Crippen molar-refractivity contribution in [3.8, 4) is 5.75 Å². The average molecular weight is 434 g/mol. The molecule has 1 fully saturated rings. The summed E-state index contributed by atoms with van der Waals surface area (Å²) >= 11 is 0. The van der Waals surface area contributed by atoms with E-state index in [0.29, 0.717) is 6.04 Å². The SMILES string of the molecule is COc1ccccc1CCNCC1CCC(Nc2nc(N(C)C)c3ccccc3n2)CC1. The number of nitrogens with one attached hydrogen (secondary N) is 2. The van der Waals surface area contributed by atoms with Crippen LogP contribution in [0.2, 0.25) is 0 Å². The number of hydrogen-bond donors (Lipinski definition) is 2. The van der Waals surface area contributed by atoms with Crippen molar-refractivity contribution in [2.75, 3.05) is 44.5 Å². The number of aromatic nitrogens is 2. The predicted octanol–water partition coefficient (Wildman–Crippen LogP) is 4.51. The summed E-state index contributed by atoms with van der Waals surface area (Å²) in [6.45, 7) is 2.07. The van der Waals surface area contributed by atoms with Crippen molar-refractivity contribution in [2.24, 2.45) is 5.92 Å². The Labute approximate surface area is 191 Å². The van der Waals surface area contributed by atoms with E-state index in [1.54, 1.807) is 7.11 Å². The number of methoxy groups -OCH3 is 1. The summed E-state index contributed by atoms with van der Waals surface area (Å²) in [4.78, 5) is 11.6. The van der Waals surface area contributed by atoms with Gasteiger partial charge in [0.2, 0.25) is 5.95 Å². The van der Waals surface area contributed by atoms with E-state index in [9.17, 15) is 0 Å². The van der Waals surface area contributed by atoms with Gasteiger partial charge in [-0.15, -0.1) is 0 Å². The maximum atomic E-state index is 5.45. The lowest BCUT2D eigenvalue weighted by molar-refractivity contribution is 0.324. The molecule has 1 aliphatic rings. The second-order valence-electron chi connectivity index (χ2n) is 8.91. The zero-order valence-corrected chi connectivity index (χ0v) is 19.5. The van der Waals surface area contributed by atoms with Crippen LogP contribution in [0.15, 0.2) is 48.5 Å². The molecule has 1 aromatic heterocycles. The standard InChI is InChI=1S/C26H35N5O/c1-31(2)25-22-9-5-6-10-23(22)29-26(30-25)28-21-14-12-19(13-15-21)18-27-17-16-20-8-4-7-11-24(20)32-3/h4-11,19,21,27H,12-18H2,1-3H3,(H,28,29,30). The summed E-state index contributed by atoms with van der Waals surface area (Å²) in [5.41, 5.74) is 2.25. The Bertz CT molecular complexity index is 1010. The molecule has 0 radical (unpaired) electrons. The van der Waals surface area contributed by atoms with Crippen molar-refractivity contribution in [3.05, 3.63) is 54.1 Å². The summed E-state index contributed by atoms with van der Waals surface area (Å²) in [6.07, 6.45) is 5.77. The van der Waals surface area contributed by atoms with E-state index in [1.807, 2.05) is 38.4 Å². The van der Waals surface area contributed by atoms with Gasteiger partial charge in [0.15, 0.2) is 0 Å². The van der Waals surface area contributed by atoms with Crippen LogP contribution in [-0.4, -0.2) is 50.3 Å². The van der Waals surface area contributed by atoms with Crippen LogP contribution in [0.5, 0.6) is 5.75 Å². The molecule has 6 nitrogen and oxygen atoms in total. The minimum atomic E-state index is 0.441. The second-order valence-corrected chi connectivity index (χ2v) is 8.91. The molecule has 4 rings (SSSR count). The Morgan fingerprint density at radius 3 is 2.50 bits per heavy atom. The minimum absolute atomic E-state index is 0.441. The Morgan fingerprint density at radius 2 is 1.72 bits per heavy atom. The summed E-state index contributed by atoms with van der Waals surface area (Å²) in [6, 6.07) is 16.9. The molecule has 32 heavy (non-hydrogen) atoms. The molecule has 3 aromatic rings. The molecule has 0 spiro atoms. The van der Waals surface area contributed by atoms with Crippen LogP contribution in [-0.2, 0) is 6.42 Å². The van der Waals surface area contributed by atoms with E-state index in [-0.39, 0.29) is 0 Å². The number of nitrogens with zero attached hydrogens (tertiary/aromatic N) is 3. The van der Waals surface area contributed by atoms with Gasteiger partial charge in [0.05, 0.1) is 12.6 Å². The first-order valence-electron chi connectivity index (χ1n) is 11.7. The molecule has 0 unspecified atom stereocenters. The van der Waals surface area contributed by atoms with Crippen LogP contribution in [0.1, 0.15) is 31.2 Å². The van der Waals surface area contributed by atoms with Crippen LogP contribution in [0, 0.1) is 5.92 Å². The average Bonchev–Trinajstić information content (AvgIpc) is 2.82. The summed E-state index contributed by atoms with van der Waals surface area (Å²) in [5.74, 6) is 3.42. The second kappa shape index (κ2) is 10.6. The molecular formula is C26H35N5O. The fourth-order valence-electron chi connectivity index (χ4n) is 4.60. The van der Waals surface area contributed by atoms with E-state index in [2.05, 4.69) is 39.8 Å². The Hall–Kier alpha value is -2.86. The fourth-order valence-corrected chi connectivity index (χ4v) is 4.60. The first-order valence-corrected chi connectivity index (χ1v) is 11.7. The van der Waals surface area contributed by atoms with Crippen LogP contribution < -0.4 is 20.3 Å². The van der Waals surface area contributed by atoms with Crippen LogP contribution in [0.4, 0.5) is 11.8 Å². The zero-order valence-electron chi connectivity index (χ0n) is 19.5. The molecule has 0 amide bonds. The molecule has 170 valence electrons. The summed E-state index contributed by atoms with van der Waals surface area (Å²) < 4.78 is 5.45. The van der Waals surface area contributed by atoms with E-state index in [1.165, 1.54) is 18.4 Å². The first-order chi connectivity index (χ1) is 15.6. The van der Waals surface area contributed by atoms with E-state index in [0.717, 1.165) is 66.7 Å².